The minimum Gasteiger partial charge on any atom is -0.354 e. The van der Waals surface area contributed by atoms with E-state index >= 15 is 0 Å². The van der Waals surface area contributed by atoms with Gasteiger partial charge in [0.05, 0.1) is 0 Å². The Bertz CT molecular complexity index is 703. The van der Waals surface area contributed by atoms with Gasteiger partial charge in [-0.3, -0.25) is 4.79 Å². The second-order valence-electron chi connectivity index (χ2n) is 7.55. The molecule has 1 aliphatic carbocycles. The van der Waals surface area contributed by atoms with E-state index in [0.29, 0.717) is 19.4 Å². The van der Waals surface area contributed by atoms with Gasteiger partial charge in [-0.05, 0) is 24.5 Å². The second kappa shape index (κ2) is 7.59. The Morgan fingerprint density at radius 1 is 1.27 bits per heavy atom. The van der Waals surface area contributed by atoms with Gasteiger partial charge in [0.25, 0.3) is 0 Å². The van der Waals surface area contributed by atoms with E-state index in [1.807, 2.05) is 12.1 Å². The number of fused-ring (bicyclic) bond motifs is 1. The predicted octanol–water partition coefficient (Wildman–Crippen LogP) is 2.99. The lowest BCUT2D eigenvalue weighted by atomic mass is 9.92. The van der Waals surface area contributed by atoms with Crippen LogP contribution in [0.15, 0.2) is 34.5 Å². The quantitative estimate of drug-likeness (QED) is 0.671. The number of benzene rings is 1. The van der Waals surface area contributed by atoms with E-state index in [-0.39, 0.29) is 17.6 Å². The third-order valence-electron chi connectivity index (χ3n) is 5.54. The number of terminal acetylenes is 1. The molecule has 1 aromatic carbocycles. The normalized spacial score (nSPS) is 19.4. The van der Waals surface area contributed by atoms with Crippen LogP contribution in [-0.4, -0.2) is 29.7 Å². The molecule has 0 saturated heterocycles. The van der Waals surface area contributed by atoms with E-state index in [2.05, 4.69) is 52.8 Å². The maximum atomic E-state index is 13.1. The standard InChI is InChI=1S/C21H28N4O/c1-4-6-11-21(24-25-21)12-13-22-19(26)20(23-16(3)5-2)14-17-9-7-8-10-18(17)15-20/h1,7-10,16,23H,5-6,11-15H2,2-3H3,(H,22,26). The fourth-order valence-corrected chi connectivity index (χ4v) is 3.73. The Hall–Kier alpha value is -2.19. The number of carbonyl (C=O) groups is 1. The smallest absolute Gasteiger partial charge is 0.241 e. The molecule has 0 saturated carbocycles. The van der Waals surface area contributed by atoms with Crippen molar-refractivity contribution in [3.63, 3.8) is 0 Å². The zero-order valence-corrected chi connectivity index (χ0v) is 15.7. The fraction of sp³-hybridized carbons (Fsp3) is 0.571. The van der Waals surface area contributed by atoms with E-state index in [1.54, 1.807) is 0 Å². The van der Waals surface area contributed by atoms with Gasteiger partial charge in [-0.25, -0.2) is 0 Å². The average Bonchev–Trinajstić information content (AvgIpc) is 3.31. The molecule has 5 heteroatoms. The molecule has 1 unspecified atom stereocenters. The van der Waals surface area contributed by atoms with Crippen molar-refractivity contribution in [2.75, 3.05) is 6.54 Å². The summed E-state index contributed by atoms with van der Waals surface area (Å²) in [5.74, 6) is 2.71. The van der Waals surface area contributed by atoms with Gasteiger partial charge in [0.15, 0.2) is 5.66 Å². The largest absolute Gasteiger partial charge is 0.354 e. The maximum absolute atomic E-state index is 13.1. The Morgan fingerprint density at radius 2 is 1.92 bits per heavy atom. The van der Waals surface area contributed by atoms with Gasteiger partial charge in [-0.15, -0.1) is 12.3 Å². The lowest BCUT2D eigenvalue weighted by Gasteiger charge is -2.32. The molecule has 1 atom stereocenters. The van der Waals surface area contributed by atoms with Crippen LogP contribution in [0.25, 0.3) is 0 Å². The second-order valence-corrected chi connectivity index (χ2v) is 7.55. The Kier molecular flexibility index (Phi) is 5.43. The Labute approximate surface area is 156 Å². The molecule has 0 bridgehead atoms. The summed E-state index contributed by atoms with van der Waals surface area (Å²) < 4.78 is 0. The maximum Gasteiger partial charge on any atom is 0.241 e. The molecule has 0 radical (unpaired) electrons. The topological polar surface area (TPSA) is 65.8 Å². The average molecular weight is 352 g/mol. The SMILES string of the molecule is C#CCCC1(CCNC(=O)C2(NC(C)CC)Cc3ccccc3C2)N=N1. The van der Waals surface area contributed by atoms with Crippen LogP contribution in [0.4, 0.5) is 0 Å². The summed E-state index contributed by atoms with van der Waals surface area (Å²) in [5.41, 5.74) is 1.60. The molecule has 1 amide bonds. The first kappa shape index (κ1) is 18.6. The fourth-order valence-electron chi connectivity index (χ4n) is 3.73. The molecular weight excluding hydrogens is 324 g/mol. The predicted molar refractivity (Wildman–Crippen MR) is 103 cm³/mol. The van der Waals surface area contributed by atoms with Crippen molar-refractivity contribution in [1.82, 2.24) is 10.6 Å². The lowest BCUT2D eigenvalue weighted by molar-refractivity contribution is -0.127. The summed E-state index contributed by atoms with van der Waals surface area (Å²) in [6, 6.07) is 8.62. The van der Waals surface area contributed by atoms with E-state index in [1.165, 1.54) is 11.1 Å². The van der Waals surface area contributed by atoms with Crippen LogP contribution < -0.4 is 10.6 Å². The van der Waals surface area contributed by atoms with E-state index in [9.17, 15) is 4.79 Å². The molecule has 2 N–H and O–H groups in total. The molecule has 0 fully saturated rings. The van der Waals surface area contributed by atoms with Crippen LogP contribution in [0.1, 0.15) is 50.7 Å². The van der Waals surface area contributed by atoms with Crippen LogP contribution in [0.5, 0.6) is 0 Å². The number of rotatable bonds is 9. The molecule has 1 aromatic rings. The summed E-state index contributed by atoms with van der Waals surface area (Å²) in [6.45, 7) is 4.84. The van der Waals surface area contributed by atoms with Crippen LogP contribution >= 0.6 is 0 Å². The lowest BCUT2D eigenvalue weighted by Crippen LogP contribution is -2.60. The minimum atomic E-state index is -0.567. The Morgan fingerprint density at radius 3 is 2.46 bits per heavy atom. The van der Waals surface area contributed by atoms with Crippen molar-refractivity contribution in [3.05, 3.63) is 35.4 Å². The van der Waals surface area contributed by atoms with Crippen molar-refractivity contribution in [2.24, 2.45) is 10.2 Å². The molecule has 2 aliphatic rings. The number of nitrogens with one attached hydrogen (secondary N) is 2. The van der Waals surface area contributed by atoms with Crippen LogP contribution in [0, 0.1) is 12.3 Å². The third-order valence-corrected chi connectivity index (χ3v) is 5.54. The molecule has 138 valence electrons. The van der Waals surface area contributed by atoms with Gasteiger partial charge in [0.1, 0.15) is 5.54 Å². The van der Waals surface area contributed by atoms with Gasteiger partial charge < -0.3 is 10.6 Å². The van der Waals surface area contributed by atoms with E-state index in [0.717, 1.165) is 25.7 Å². The van der Waals surface area contributed by atoms with Gasteiger partial charge in [0, 0.05) is 44.7 Å². The first-order chi connectivity index (χ1) is 12.5. The van der Waals surface area contributed by atoms with Gasteiger partial charge in [-0.1, -0.05) is 31.2 Å². The summed E-state index contributed by atoms with van der Waals surface area (Å²) in [7, 11) is 0. The molecule has 1 heterocycles. The number of hydrogen-bond donors (Lipinski definition) is 2. The number of hydrogen-bond acceptors (Lipinski definition) is 4. The van der Waals surface area contributed by atoms with Crippen molar-refractivity contribution >= 4 is 5.91 Å². The van der Waals surface area contributed by atoms with Gasteiger partial charge in [-0.2, -0.15) is 10.2 Å². The highest BCUT2D eigenvalue weighted by Crippen LogP contribution is 2.36. The molecule has 1 aliphatic heterocycles. The molecule has 26 heavy (non-hydrogen) atoms. The highest BCUT2D eigenvalue weighted by Gasteiger charge is 2.45. The molecule has 5 nitrogen and oxygen atoms in total. The molecule has 3 rings (SSSR count). The van der Waals surface area contributed by atoms with E-state index in [4.69, 9.17) is 6.42 Å². The highest BCUT2D eigenvalue weighted by atomic mass is 16.2. The monoisotopic (exact) mass is 352 g/mol. The Balaban J connectivity index is 1.62. The van der Waals surface area contributed by atoms with Crippen molar-refractivity contribution in [3.8, 4) is 12.3 Å². The van der Waals surface area contributed by atoms with Crippen molar-refractivity contribution in [2.45, 2.75) is 69.6 Å². The zero-order valence-electron chi connectivity index (χ0n) is 15.7. The summed E-state index contributed by atoms with van der Waals surface area (Å²) in [5, 5.41) is 15.0. The minimum absolute atomic E-state index is 0.0711. The van der Waals surface area contributed by atoms with Crippen LogP contribution in [-0.2, 0) is 17.6 Å². The van der Waals surface area contributed by atoms with Crippen LogP contribution in [0.2, 0.25) is 0 Å². The highest BCUT2D eigenvalue weighted by molar-refractivity contribution is 5.88. The van der Waals surface area contributed by atoms with Crippen molar-refractivity contribution < 1.29 is 4.79 Å². The van der Waals surface area contributed by atoms with Crippen LogP contribution in [0.3, 0.4) is 0 Å². The molecule has 0 aromatic heterocycles. The first-order valence-electron chi connectivity index (χ1n) is 9.53. The summed E-state index contributed by atoms with van der Waals surface area (Å²) in [4.78, 5) is 13.1. The number of carbonyl (C=O) groups excluding carboxylic acids is 1. The number of amides is 1. The van der Waals surface area contributed by atoms with E-state index < -0.39 is 5.54 Å². The van der Waals surface area contributed by atoms with Gasteiger partial charge in [0.2, 0.25) is 5.91 Å². The molecular formula is C21H28N4O. The molecule has 0 spiro atoms. The number of nitrogens with zero attached hydrogens (tertiary/aromatic N) is 2. The van der Waals surface area contributed by atoms with Crippen molar-refractivity contribution in [1.29, 1.82) is 0 Å². The van der Waals surface area contributed by atoms with Gasteiger partial charge >= 0.3 is 0 Å². The first-order valence-corrected chi connectivity index (χ1v) is 9.53. The third kappa shape index (κ3) is 3.96. The summed E-state index contributed by atoms with van der Waals surface area (Å²) in [6.07, 6.45) is 9.92. The summed E-state index contributed by atoms with van der Waals surface area (Å²) >= 11 is 0. The zero-order chi connectivity index (χ0) is 18.6.